The first-order valence-electron chi connectivity index (χ1n) is 5.44. The van der Waals surface area contributed by atoms with E-state index in [1.807, 2.05) is 6.26 Å². The molecule has 0 fully saturated rings. The van der Waals surface area contributed by atoms with Crippen LogP contribution in [0.25, 0.3) is 0 Å². The van der Waals surface area contributed by atoms with Gasteiger partial charge < -0.3 is 5.73 Å². The van der Waals surface area contributed by atoms with Crippen molar-refractivity contribution in [2.45, 2.75) is 23.5 Å². The number of hydrogen-bond donors (Lipinski definition) is 2. The number of sulfonamides is 1. The van der Waals surface area contributed by atoms with Gasteiger partial charge in [0.15, 0.2) is 0 Å². The lowest BCUT2D eigenvalue weighted by Crippen LogP contribution is -2.26. The largest absolute Gasteiger partial charge is 0.398 e. The standard InChI is InChI=1S/C11H17BrN2O2S2/c1-8(17-2)5-6-14-18(15,16)9-3-4-11(13)10(12)7-9/h3-4,7-8,14H,5-6,13H2,1-2H3. The molecule has 1 rings (SSSR count). The average molecular weight is 353 g/mol. The number of hydrogen-bond acceptors (Lipinski definition) is 4. The van der Waals surface area contributed by atoms with Crippen molar-refractivity contribution in [3.63, 3.8) is 0 Å². The molecule has 0 radical (unpaired) electrons. The highest BCUT2D eigenvalue weighted by Gasteiger charge is 2.14. The van der Waals surface area contributed by atoms with Crippen molar-refractivity contribution in [2.24, 2.45) is 0 Å². The molecule has 0 bridgehead atoms. The van der Waals surface area contributed by atoms with Gasteiger partial charge in [0.25, 0.3) is 0 Å². The van der Waals surface area contributed by atoms with Crippen LogP contribution in [0.1, 0.15) is 13.3 Å². The van der Waals surface area contributed by atoms with Gasteiger partial charge in [-0.1, -0.05) is 6.92 Å². The van der Waals surface area contributed by atoms with Gasteiger partial charge in [0.05, 0.1) is 4.90 Å². The zero-order chi connectivity index (χ0) is 13.8. The van der Waals surface area contributed by atoms with Crippen molar-refractivity contribution in [2.75, 3.05) is 18.5 Å². The number of anilines is 1. The van der Waals surface area contributed by atoms with E-state index < -0.39 is 10.0 Å². The summed E-state index contributed by atoms with van der Waals surface area (Å²) in [5.74, 6) is 0. The third-order valence-corrected chi connectivity index (χ3v) is 5.71. The van der Waals surface area contributed by atoms with Crippen molar-refractivity contribution in [3.8, 4) is 0 Å². The van der Waals surface area contributed by atoms with Crippen LogP contribution in [0.2, 0.25) is 0 Å². The van der Waals surface area contributed by atoms with Crippen LogP contribution in [0.3, 0.4) is 0 Å². The molecule has 0 heterocycles. The second-order valence-corrected chi connectivity index (χ2v) is 7.81. The summed E-state index contributed by atoms with van der Waals surface area (Å²) in [7, 11) is -3.45. The third-order valence-electron chi connectivity index (χ3n) is 2.53. The quantitative estimate of drug-likeness (QED) is 0.771. The Bertz CT molecular complexity index is 506. The molecule has 1 aromatic rings. The summed E-state index contributed by atoms with van der Waals surface area (Å²) in [5, 5.41) is 0.436. The summed E-state index contributed by atoms with van der Waals surface area (Å²) < 4.78 is 27.1. The molecule has 1 atom stereocenters. The highest BCUT2D eigenvalue weighted by Crippen LogP contribution is 2.22. The minimum atomic E-state index is -3.45. The van der Waals surface area contributed by atoms with Crippen molar-refractivity contribution < 1.29 is 8.42 Å². The average Bonchev–Trinajstić information content (AvgIpc) is 2.32. The van der Waals surface area contributed by atoms with Gasteiger partial charge >= 0.3 is 0 Å². The van der Waals surface area contributed by atoms with Gasteiger partial charge in [0, 0.05) is 22.0 Å². The van der Waals surface area contributed by atoms with Gasteiger partial charge in [-0.2, -0.15) is 11.8 Å². The van der Waals surface area contributed by atoms with Crippen LogP contribution in [0, 0.1) is 0 Å². The van der Waals surface area contributed by atoms with E-state index in [2.05, 4.69) is 27.6 Å². The lowest BCUT2D eigenvalue weighted by molar-refractivity contribution is 0.579. The van der Waals surface area contributed by atoms with Gasteiger partial charge in [0.2, 0.25) is 10.0 Å². The van der Waals surface area contributed by atoms with Gasteiger partial charge in [-0.25, -0.2) is 13.1 Å². The van der Waals surface area contributed by atoms with Crippen LogP contribution in [-0.4, -0.2) is 26.5 Å². The summed E-state index contributed by atoms with van der Waals surface area (Å²) in [6.07, 6.45) is 2.81. The Balaban J connectivity index is 2.71. The zero-order valence-electron chi connectivity index (χ0n) is 10.3. The maximum atomic E-state index is 12.0. The molecule has 3 N–H and O–H groups in total. The molecule has 1 aromatic carbocycles. The summed E-state index contributed by atoms with van der Waals surface area (Å²) in [5.41, 5.74) is 6.14. The van der Waals surface area contributed by atoms with Crippen LogP contribution in [-0.2, 0) is 10.0 Å². The van der Waals surface area contributed by atoms with E-state index in [1.54, 1.807) is 17.8 Å². The zero-order valence-corrected chi connectivity index (χ0v) is 13.5. The number of nitrogen functional groups attached to an aromatic ring is 1. The van der Waals surface area contributed by atoms with E-state index >= 15 is 0 Å². The van der Waals surface area contributed by atoms with Crippen LogP contribution in [0.15, 0.2) is 27.6 Å². The van der Waals surface area contributed by atoms with Crippen LogP contribution >= 0.6 is 27.7 Å². The molecule has 4 nitrogen and oxygen atoms in total. The number of nitrogens with one attached hydrogen (secondary N) is 1. The Labute approximate surface area is 121 Å². The second kappa shape index (κ2) is 6.79. The Morgan fingerprint density at radius 1 is 1.50 bits per heavy atom. The maximum Gasteiger partial charge on any atom is 0.240 e. The highest BCUT2D eigenvalue weighted by molar-refractivity contribution is 9.10. The molecule has 18 heavy (non-hydrogen) atoms. The predicted molar refractivity (Wildman–Crippen MR) is 81.3 cm³/mol. The minimum absolute atomic E-state index is 0.223. The van der Waals surface area contributed by atoms with Gasteiger partial charge in [-0.05, 0) is 46.8 Å². The molecule has 0 aliphatic rings. The first-order valence-corrected chi connectivity index (χ1v) is 9.00. The fraction of sp³-hybridized carbons (Fsp3) is 0.455. The molecular weight excluding hydrogens is 336 g/mol. The summed E-state index contributed by atoms with van der Waals surface area (Å²) in [6.45, 7) is 2.51. The van der Waals surface area contributed by atoms with Gasteiger partial charge in [0.1, 0.15) is 0 Å². The van der Waals surface area contributed by atoms with Crippen LogP contribution < -0.4 is 10.5 Å². The smallest absolute Gasteiger partial charge is 0.240 e. The maximum absolute atomic E-state index is 12.0. The topological polar surface area (TPSA) is 72.2 Å². The number of halogens is 1. The first kappa shape index (κ1) is 15.8. The van der Waals surface area contributed by atoms with E-state index in [0.717, 1.165) is 6.42 Å². The van der Waals surface area contributed by atoms with E-state index in [9.17, 15) is 8.42 Å². The number of thioether (sulfide) groups is 1. The summed E-state index contributed by atoms with van der Waals surface area (Å²) in [6, 6.07) is 4.58. The summed E-state index contributed by atoms with van der Waals surface area (Å²) >= 11 is 4.94. The molecule has 0 aromatic heterocycles. The Morgan fingerprint density at radius 3 is 2.72 bits per heavy atom. The first-order chi connectivity index (χ1) is 8.36. The molecular formula is C11H17BrN2O2S2. The second-order valence-electron chi connectivity index (χ2n) is 3.92. The Kier molecular flexibility index (Phi) is 5.97. The normalized spacial score (nSPS) is 13.5. The van der Waals surface area contributed by atoms with Crippen molar-refractivity contribution >= 4 is 43.4 Å². The van der Waals surface area contributed by atoms with E-state index in [0.29, 0.717) is 22.0 Å². The van der Waals surface area contributed by atoms with E-state index in [1.165, 1.54) is 12.1 Å². The molecule has 0 aliphatic heterocycles. The highest BCUT2D eigenvalue weighted by atomic mass is 79.9. The lowest BCUT2D eigenvalue weighted by Gasteiger charge is -2.10. The van der Waals surface area contributed by atoms with E-state index in [-0.39, 0.29) is 4.90 Å². The van der Waals surface area contributed by atoms with Gasteiger partial charge in [-0.3, -0.25) is 0 Å². The monoisotopic (exact) mass is 352 g/mol. The van der Waals surface area contributed by atoms with Crippen molar-refractivity contribution in [1.82, 2.24) is 4.72 Å². The number of nitrogens with two attached hydrogens (primary N) is 1. The summed E-state index contributed by atoms with van der Waals surface area (Å²) in [4.78, 5) is 0.223. The Hall–Kier alpha value is -0.240. The van der Waals surface area contributed by atoms with Crippen molar-refractivity contribution in [1.29, 1.82) is 0 Å². The third kappa shape index (κ3) is 4.46. The fourth-order valence-electron chi connectivity index (χ4n) is 1.27. The lowest BCUT2D eigenvalue weighted by atomic mass is 10.3. The number of benzene rings is 1. The predicted octanol–water partition coefficient (Wildman–Crippen LogP) is 2.45. The molecule has 0 saturated carbocycles. The molecule has 0 amide bonds. The SMILES string of the molecule is CSC(C)CCNS(=O)(=O)c1ccc(N)c(Br)c1. The molecule has 0 spiro atoms. The van der Waals surface area contributed by atoms with Crippen molar-refractivity contribution in [3.05, 3.63) is 22.7 Å². The van der Waals surface area contributed by atoms with Crippen LogP contribution in [0.4, 0.5) is 5.69 Å². The molecule has 0 aliphatic carbocycles. The molecule has 0 saturated heterocycles. The fourth-order valence-corrected chi connectivity index (χ4v) is 3.23. The van der Waals surface area contributed by atoms with Crippen LogP contribution in [0.5, 0.6) is 0 Å². The molecule has 102 valence electrons. The van der Waals surface area contributed by atoms with Gasteiger partial charge in [-0.15, -0.1) is 0 Å². The molecule has 7 heteroatoms. The molecule has 1 unspecified atom stereocenters. The minimum Gasteiger partial charge on any atom is -0.398 e. The van der Waals surface area contributed by atoms with E-state index in [4.69, 9.17) is 5.73 Å². The Morgan fingerprint density at radius 2 is 2.17 bits per heavy atom. The number of rotatable bonds is 6.